The number of non-ortho nitro benzene ring substituents is 1. The molecule has 6 nitrogen and oxygen atoms in total. The third-order valence-corrected chi connectivity index (χ3v) is 2.63. The number of rotatable bonds is 4. The van der Waals surface area contributed by atoms with Gasteiger partial charge in [-0.25, -0.2) is 4.98 Å². The number of hydrogen-bond acceptors (Lipinski definition) is 4. The van der Waals surface area contributed by atoms with Gasteiger partial charge in [-0.05, 0) is 35.9 Å². The fourth-order valence-corrected chi connectivity index (χ4v) is 1.68. The topological polar surface area (TPSA) is 85.1 Å². The third-order valence-electron chi connectivity index (χ3n) is 2.63. The lowest BCUT2D eigenvalue weighted by molar-refractivity contribution is -0.384. The number of anilines is 1. The molecule has 0 saturated carbocycles. The van der Waals surface area contributed by atoms with Crippen molar-refractivity contribution in [2.24, 2.45) is 0 Å². The second-order valence-electron chi connectivity index (χ2n) is 4.31. The highest BCUT2D eigenvalue weighted by Crippen LogP contribution is 2.14. The van der Waals surface area contributed by atoms with Gasteiger partial charge in [-0.3, -0.25) is 14.9 Å². The number of aromatic nitrogens is 1. The predicted octanol–water partition coefficient (Wildman–Crippen LogP) is 3.12. The van der Waals surface area contributed by atoms with Crippen LogP contribution in [0.1, 0.15) is 18.2 Å². The maximum absolute atomic E-state index is 11.0. The van der Waals surface area contributed by atoms with Crippen LogP contribution in [-0.4, -0.2) is 15.8 Å². The number of pyridine rings is 1. The van der Waals surface area contributed by atoms with E-state index in [0.717, 1.165) is 5.56 Å². The molecule has 0 unspecified atom stereocenters. The zero-order chi connectivity index (χ0) is 15.2. The van der Waals surface area contributed by atoms with Crippen molar-refractivity contribution in [2.45, 2.75) is 6.92 Å². The van der Waals surface area contributed by atoms with E-state index in [1.807, 2.05) is 0 Å². The number of nitrogens with one attached hydrogen (secondary N) is 1. The maximum atomic E-state index is 11.0. The lowest BCUT2D eigenvalue weighted by Gasteiger charge is -2.01. The Balaban J connectivity index is 2.13. The molecule has 2 aromatic rings. The van der Waals surface area contributed by atoms with Gasteiger partial charge in [0.25, 0.3) is 5.69 Å². The van der Waals surface area contributed by atoms with Crippen LogP contribution in [0.4, 0.5) is 11.5 Å². The van der Waals surface area contributed by atoms with Gasteiger partial charge in [0, 0.05) is 19.1 Å². The molecule has 0 aliphatic rings. The van der Waals surface area contributed by atoms with Gasteiger partial charge in [0.1, 0.15) is 5.82 Å². The van der Waals surface area contributed by atoms with Gasteiger partial charge >= 0.3 is 0 Å². The maximum Gasteiger partial charge on any atom is 0.269 e. The monoisotopic (exact) mass is 283 g/mol. The zero-order valence-corrected chi connectivity index (χ0v) is 11.3. The number of nitrogens with zero attached hydrogens (tertiary/aromatic N) is 2. The molecule has 0 spiro atoms. The molecule has 21 heavy (non-hydrogen) atoms. The summed E-state index contributed by atoms with van der Waals surface area (Å²) in [6.07, 6.45) is 3.57. The van der Waals surface area contributed by atoms with E-state index in [1.54, 1.807) is 42.5 Å². The van der Waals surface area contributed by atoms with E-state index in [9.17, 15) is 14.9 Å². The average Bonchev–Trinajstić information content (AvgIpc) is 2.45. The number of carbonyl (C=O) groups is 1. The summed E-state index contributed by atoms with van der Waals surface area (Å²) in [4.78, 5) is 25.3. The number of amides is 1. The van der Waals surface area contributed by atoms with Crippen molar-refractivity contribution < 1.29 is 9.72 Å². The highest BCUT2D eigenvalue weighted by atomic mass is 16.6. The third kappa shape index (κ3) is 4.24. The van der Waals surface area contributed by atoms with E-state index in [4.69, 9.17) is 0 Å². The summed E-state index contributed by atoms with van der Waals surface area (Å²) in [5.74, 6) is 0.298. The van der Waals surface area contributed by atoms with E-state index >= 15 is 0 Å². The first-order chi connectivity index (χ1) is 10.0. The molecule has 0 fully saturated rings. The van der Waals surface area contributed by atoms with E-state index < -0.39 is 4.92 Å². The Morgan fingerprint density at radius 2 is 1.90 bits per heavy atom. The molecule has 0 saturated heterocycles. The normalized spacial score (nSPS) is 10.5. The molecule has 0 bridgehead atoms. The number of nitro benzene ring substituents is 1. The molecule has 1 N–H and O–H groups in total. The van der Waals surface area contributed by atoms with Crippen LogP contribution in [-0.2, 0) is 4.79 Å². The highest BCUT2D eigenvalue weighted by molar-refractivity contribution is 5.87. The molecular weight excluding hydrogens is 270 g/mol. The highest BCUT2D eigenvalue weighted by Gasteiger charge is 2.02. The van der Waals surface area contributed by atoms with Crippen LogP contribution in [0, 0.1) is 10.1 Å². The number of carbonyl (C=O) groups excluding carboxylic acids is 1. The molecule has 0 atom stereocenters. The van der Waals surface area contributed by atoms with E-state index in [0.29, 0.717) is 11.5 Å². The van der Waals surface area contributed by atoms with E-state index in [2.05, 4.69) is 10.3 Å². The van der Waals surface area contributed by atoms with Crippen molar-refractivity contribution in [1.82, 2.24) is 4.98 Å². The first kappa shape index (κ1) is 14.4. The molecule has 106 valence electrons. The zero-order valence-electron chi connectivity index (χ0n) is 11.3. The van der Waals surface area contributed by atoms with Crippen LogP contribution in [0.15, 0.2) is 42.5 Å². The van der Waals surface area contributed by atoms with Crippen LogP contribution in [0.3, 0.4) is 0 Å². The summed E-state index contributed by atoms with van der Waals surface area (Å²) in [6.45, 7) is 1.42. The predicted molar refractivity (Wildman–Crippen MR) is 80.6 cm³/mol. The summed E-state index contributed by atoms with van der Waals surface area (Å²) < 4.78 is 0. The molecule has 1 aromatic carbocycles. The SMILES string of the molecule is CC(=O)Nc1cccc(/C=C/c2ccc([N+](=O)[O-])cc2)n1. The smallest absolute Gasteiger partial charge is 0.269 e. The largest absolute Gasteiger partial charge is 0.311 e. The quantitative estimate of drug-likeness (QED) is 0.690. The van der Waals surface area contributed by atoms with Gasteiger partial charge in [-0.15, -0.1) is 0 Å². The van der Waals surface area contributed by atoms with Crippen molar-refractivity contribution in [3.05, 3.63) is 63.8 Å². The number of benzene rings is 1. The van der Waals surface area contributed by atoms with Gasteiger partial charge in [-0.2, -0.15) is 0 Å². The molecule has 0 aliphatic heterocycles. The minimum Gasteiger partial charge on any atom is -0.311 e. The summed E-state index contributed by atoms with van der Waals surface area (Å²) in [7, 11) is 0. The minimum atomic E-state index is -0.439. The molecule has 2 rings (SSSR count). The summed E-state index contributed by atoms with van der Waals surface area (Å²) in [6, 6.07) is 11.5. The first-order valence-electron chi connectivity index (χ1n) is 6.22. The Morgan fingerprint density at radius 3 is 2.52 bits per heavy atom. The minimum absolute atomic E-state index is 0.0536. The summed E-state index contributed by atoms with van der Waals surface area (Å²) in [5.41, 5.74) is 1.56. The summed E-state index contributed by atoms with van der Waals surface area (Å²) >= 11 is 0. The Labute approximate surface area is 121 Å². The molecule has 6 heteroatoms. The van der Waals surface area contributed by atoms with Gasteiger partial charge in [0.2, 0.25) is 5.91 Å². The Hall–Kier alpha value is -3.02. The Bertz CT molecular complexity index is 694. The van der Waals surface area contributed by atoms with Gasteiger partial charge in [0.05, 0.1) is 10.6 Å². The lowest BCUT2D eigenvalue weighted by Crippen LogP contribution is -2.07. The van der Waals surface area contributed by atoms with Crippen molar-refractivity contribution in [2.75, 3.05) is 5.32 Å². The number of hydrogen-bond donors (Lipinski definition) is 1. The average molecular weight is 283 g/mol. The molecule has 1 aromatic heterocycles. The summed E-state index contributed by atoms with van der Waals surface area (Å²) in [5, 5.41) is 13.2. The fourth-order valence-electron chi connectivity index (χ4n) is 1.68. The first-order valence-corrected chi connectivity index (χ1v) is 6.22. The standard InChI is InChI=1S/C15H13N3O3/c1-11(19)16-15-4-2-3-13(17-15)8-5-12-6-9-14(10-7-12)18(20)21/h2-10H,1H3,(H,16,17,19)/b8-5+. The second-order valence-corrected chi connectivity index (χ2v) is 4.31. The Kier molecular flexibility index (Phi) is 4.40. The van der Waals surface area contributed by atoms with Crippen molar-refractivity contribution in [1.29, 1.82) is 0 Å². The second kappa shape index (κ2) is 6.42. The lowest BCUT2D eigenvalue weighted by atomic mass is 10.2. The van der Waals surface area contributed by atoms with E-state index in [1.165, 1.54) is 19.1 Å². The molecule has 1 heterocycles. The van der Waals surface area contributed by atoms with Crippen LogP contribution < -0.4 is 5.32 Å². The number of nitro groups is 1. The van der Waals surface area contributed by atoms with Gasteiger partial charge in [0.15, 0.2) is 0 Å². The van der Waals surface area contributed by atoms with Crippen molar-refractivity contribution >= 4 is 29.6 Å². The molecule has 0 aliphatic carbocycles. The molecule has 1 amide bonds. The van der Waals surface area contributed by atoms with Crippen molar-refractivity contribution in [3.8, 4) is 0 Å². The van der Waals surface area contributed by atoms with Gasteiger partial charge in [-0.1, -0.05) is 12.1 Å². The molecule has 0 radical (unpaired) electrons. The van der Waals surface area contributed by atoms with E-state index in [-0.39, 0.29) is 11.6 Å². The van der Waals surface area contributed by atoms with Crippen LogP contribution in [0.5, 0.6) is 0 Å². The van der Waals surface area contributed by atoms with Crippen molar-refractivity contribution in [3.63, 3.8) is 0 Å². The van der Waals surface area contributed by atoms with Crippen LogP contribution >= 0.6 is 0 Å². The fraction of sp³-hybridized carbons (Fsp3) is 0.0667. The van der Waals surface area contributed by atoms with Gasteiger partial charge < -0.3 is 5.32 Å². The Morgan fingerprint density at radius 1 is 1.19 bits per heavy atom. The molecular formula is C15H13N3O3. The van der Waals surface area contributed by atoms with Crippen LogP contribution in [0.2, 0.25) is 0 Å². The van der Waals surface area contributed by atoms with Crippen LogP contribution in [0.25, 0.3) is 12.2 Å².